The van der Waals surface area contributed by atoms with Gasteiger partial charge in [0.05, 0.1) is 29.6 Å². The number of aromatic nitrogens is 2. The van der Waals surface area contributed by atoms with Crippen LogP contribution in [0.15, 0.2) is 59.5 Å². The number of amides is 2. The van der Waals surface area contributed by atoms with Gasteiger partial charge >= 0.3 is 6.18 Å². The van der Waals surface area contributed by atoms with E-state index in [1.54, 1.807) is 12.4 Å². The van der Waals surface area contributed by atoms with E-state index in [0.29, 0.717) is 31.0 Å². The summed E-state index contributed by atoms with van der Waals surface area (Å²) in [5.41, 5.74) is -0.718. The van der Waals surface area contributed by atoms with Crippen molar-refractivity contribution in [3.05, 3.63) is 71.9 Å². The zero-order valence-electron chi connectivity index (χ0n) is 21.7. The molecule has 0 unspecified atom stereocenters. The fourth-order valence-corrected chi connectivity index (χ4v) is 5.48. The van der Waals surface area contributed by atoms with Crippen molar-refractivity contribution in [3.63, 3.8) is 0 Å². The van der Waals surface area contributed by atoms with Crippen molar-refractivity contribution >= 4 is 11.8 Å². The molecule has 2 fully saturated rings. The first-order valence-electron chi connectivity index (χ1n) is 13.2. The molecule has 3 heterocycles. The van der Waals surface area contributed by atoms with Crippen LogP contribution in [0.3, 0.4) is 0 Å². The number of alkyl halides is 3. The van der Waals surface area contributed by atoms with Crippen LogP contribution in [0.25, 0.3) is 11.5 Å². The van der Waals surface area contributed by atoms with Crippen molar-refractivity contribution in [2.75, 3.05) is 19.6 Å². The first kappa shape index (κ1) is 27.8. The monoisotopic (exact) mass is 557 g/mol. The quantitative estimate of drug-likeness (QED) is 0.407. The molecule has 212 valence electrons. The summed E-state index contributed by atoms with van der Waals surface area (Å²) in [4.78, 5) is 35.6. The van der Waals surface area contributed by atoms with Crippen molar-refractivity contribution in [2.24, 2.45) is 0 Å². The summed E-state index contributed by atoms with van der Waals surface area (Å²) < 4.78 is 44.0. The summed E-state index contributed by atoms with van der Waals surface area (Å²) in [5.74, 6) is -0.668. The molecule has 12 heteroatoms. The smallest absolute Gasteiger partial charge is 0.416 e. The number of rotatable bonds is 7. The van der Waals surface area contributed by atoms with E-state index in [0.717, 1.165) is 49.6 Å². The van der Waals surface area contributed by atoms with Crippen LogP contribution in [-0.2, 0) is 16.6 Å². The average molecular weight is 558 g/mol. The van der Waals surface area contributed by atoms with Crippen molar-refractivity contribution in [2.45, 2.75) is 56.0 Å². The minimum absolute atomic E-state index is 0.0943. The zero-order chi connectivity index (χ0) is 28.3. The van der Waals surface area contributed by atoms with Gasteiger partial charge in [0, 0.05) is 36.9 Å². The molecular formula is C28H30F3N5O4. The number of benzene rings is 1. The summed E-state index contributed by atoms with van der Waals surface area (Å²) in [6.07, 6.45) is 3.61. The molecule has 2 aromatic heterocycles. The highest BCUT2D eigenvalue weighted by Gasteiger charge is 2.39. The number of carbonyl (C=O) groups is 2. The van der Waals surface area contributed by atoms with Crippen LogP contribution in [0.2, 0.25) is 0 Å². The summed E-state index contributed by atoms with van der Waals surface area (Å²) in [7, 11) is 0. The van der Waals surface area contributed by atoms with Gasteiger partial charge in [-0.15, -0.1) is 0 Å². The molecule has 3 aromatic rings. The van der Waals surface area contributed by atoms with Gasteiger partial charge in [-0.1, -0.05) is 6.07 Å². The van der Waals surface area contributed by atoms with Crippen LogP contribution in [0.5, 0.6) is 0 Å². The summed E-state index contributed by atoms with van der Waals surface area (Å²) in [5, 5.41) is 16.6. The van der Waals surface area contributed by atoms with E-state index >= 15 is 0 Å². The van der Waals surface area contributed by atoms with Crippen LogP contribution in [0.4, 0.5) is 13.2 Å². The van der Waals surface area contributed by atoms with Crippen LogP contribution < -0.4 is 10.6 Å². The third-order valence-corrected chi connectivity index (χ3v) is 7.66. The number of likely N-dealkylation sites (tertiary alicyclic amines) is 1. The number of nitrogens with zero attached hydrogens (tertiary/aromatic N) is 3. The highest BCUT2D eigenvalue weighted by molar-refractivity contribution is 5.96. The maximum Gasteiger partial charge on any atom is 0.416 e. The number of oxazole rings is 1. The minimum atomic E-state index is -4.56. The second-order valence-electron chi connectivity index (χ2n) is 10.3. The lowest BCUT2D eigenvalue weighted by molar-refractivity contribution is -0.137. The van der Waals surface area contributed by atoms with E-state index in [1.807, 2.05) is 12.1 Å². The lowest BCUT2D eigenvalue weighted by Crippen LogP contribution is -2.45. The van der Waals surface area contributed by atoms with Crippen LogP contribution in [0, 0.1) is 0 Å². The lowest BCUT2D eigenvalue weighted by Gasteiger charge is -2.39. The standard InChI is InChI=1S/C28H30F3N5O4/c29-28(30,31)20-3-1-2-18(14-20)25(38)34-16-24(37)35-21-8-12-36(17-21)22-6-9-27(39,10-7-22)23-5-4-19(15-33-23)26-32-11-13-40-26/h1-5,11,13-15,21-22,39H,6-10,12,16-17H2,(H,34,38)(H,35,37)/t21-,22?,27?/m1/s1. The Morgan fingerprint density at radius 2 is 1.93 bits per heavy atom. The second kappa shape index (κ2) is 11.4. The molecule has 0 bridgehead atoms. The maximum atomic E-state index is 12.9. The minimum Gasteiger partial charge on any atom is -0.444 e. The molecule has 1 aliphatic heterocycles. The summed E-state index contributed by atoms with van der Waals surface area (Å²) in [6, 6.07) is 7.91. The first-order valence-corrected chi connectivity index (χ1v) is 13.2. The molecule has 2 amide bonds. The molecule has 1 aliphatic carbocycles. The molecule has 3 N–H and O–H groups in total. The molecule has 40 heavy (non-hydrogen) atoms. The van der Waals surface area contributed by atoms with E-state index in [2.05, 4.69) is 25.5 Å². The zero-order valence-corrected chi connectivity index (χ0v) is 21.7. The molecule has 5 rings (SSSR count). The van der Waals surface area contributed by atoms with Crippen molar-refractivity contribution in [1.82, 2.24) is 25.5 Å². The van der Waals surface area contributed by atoms with Crippen LogP contribution >= 0.6 is 0 Å². The van der Waals surface area contributed by atoms with Gasteiger partial charge in [-0.25, -0.2) is 4.98 Å². The molecular weight excluding hydrogens is 527 g/mol. The second-order valence-corrected chi connectivity index (χ2v) is 10.3. The van der Waals surface area contributed by atoms with Gasteiger partial charge in [-0.05, 0) is 62.4 Å². The summed E-state index contributed by atoms with van der Waals surface area (Å²) in [6.45, 7) is 1.12. The predicted octanol–water partition coefficient (Wildman–Crippen LogP) is 3.51. The van der Waals surface area contributed by atoms with Crippen LogP contribution in [-0.4, -0.2) is 63.5 Å². The van der Waals surface area contributed by atoms with Gasteiger partial charge in [0.2, 0.25) is 11.8 Å². The van der Waals surface area contributed by atoms with Crippen molar-refractivity contribution in [1.29, 1.82) is 0 Å². The molecule has 2 aliphatic rings. The van der Waals surface area contributed by atoms with E-state index in [9.17, 15) is 27.9 Å². The van der Waals surface area contributed by atoms with Gasteiger partial charge in [0.1, 0.15) is 11.9 Å². The Balaban J connectivity index is 1.06. The molecule has 0 radical (unpaired) electrons. The Kier molecular flexibility index (Phi) is 7.90. The largest absolute Gasteiger partial charge is 0.444 e. The Hall–Kier alpha value is -3.77. The maximum absolute atomic E-state index is 12.9. The number of hydrogen-bond acceptors (Lipinski definition) is 7. The average Bonchev–Trinajstić information content (AvgIpc) is 3.65. The van der Waals surface area contributed by atoms with Crippen molar-refractivity contribution < 1.29 is 32.3 Å². The Morgan fingerprint density at radius 3 is 2.60 bits per heavy atom. The Bertz CT molecular complexity index is 1320. The predicted molar refractivity (Wildman–Crippen MR) is 138 cm³/mol. The third-order valence-electron chi connectivity index (χ3n) is 7.66. The highest BCUT2D eigenvalue weighted by Crippen LogP contribution is 2.39. The molecule has 0 spiro atoms. The highest BCUT2D eigenvalue weighted by atomic mass is 19.4. The summed E-state index contributed by atoms with van der Waals surface area (Å²) >= 11 is 0. The Labute approximate surface area is 228 Å². The van der Waals surface area contributed by atoms with Gasteiger partial charge in [-0.3, -0.25) is 19.5 Å². The topological polar surface area (TPSA) is 121 Å². The van der Waals surface area contributed by atoms with Gasteiger partial charge in [0.15, 0.2) is 0 Å². The lowest BCUT2D eigenvalue weighted by atomic mass is 9.79. The first-order chi connectivity index (χ1) is 19.1. The number of hydrogen-bond donors (Lipinski definition) is 3. The van der Waals surface area contributed by atoms with Gasteiger partial charge < -0.3 is 20.2 Å². The van der Waals surface area contributed by atoms with Crippen molar-refractivity contribution in [3.8, 4) is 11.5 Å². The normalized spacial score (nSPS) is 23.6. The molecule has 1 aromatic carbocycles. The van der Waals surface area contributed by atoms with E-state index in [4.69, 9.17) is 4.42 Å². The molecule has 1 saturated heterocycles. The third kappa shape index (κ3) is 6.34. The fraction of sp³-hybridized carbons (Fsp3) is 0.429. The van der Waals surface area contributed by atoms with E-state index in [-0.39, 0.29) is 24.2 Å². The van der Waals surface area contributed by atoms with Gasteiger partial charge in [-0.2, -0.15) is 13.2 Å². The number of halogens is 3. The number of pyridine rings is 1. The van der Waals surface area contributed by atoms with Gasteiger partial charge in [0.25, 0.3) is 5.91 Å². The van der Waals surface area contributed by atoms with E-state index in [1.165, 1.54) is 12.3 Å². The molecule has 9 nitrogen and oxygen atoms in total. The molecule has 1 atom stereocenters. The SMILES string of the molecule is O=C(CNC(=O)c1cccc(C(F)(F)F)c1)N[C@@H]1CCN(C2CCC(O)(c3ccc(-c4ncco4)cn3)CC2)C1. The number of nitrogens with one attached hydrogen (secondary N) is 2. The number of carbonyl (C=O) groups excluding carboxylic acids is 2. The molecule has 1 saturated carbocycles. The van der Waals surface area contributed by atoms with Crippen LogP contribution in [0.1, 0.15) is 53.7 Å². The fourth-order valence-electron chi connectivity index (χ4n) is 5.48. The van der Waals surface area contributed by atoms with E-state index < -0.39 is 29.2 Å². The Morgan fingerprint density at radius 1 is 1.12 bits per heavy atom. The number of aliphatic hydroxyl groups is 1.